The van der Waals surface area contributed by atoms with Crippen LogP contribution in [0.15, 0.2) is 85.2 Å². The molecule has 0 saturated heterocycles. The third-order valence-corrected chi connectivity index (χ3v) is 6.29. The van der Waals surface area contributed by atoms with Gasteiger partial charge in [0, 0.05) is 16.6 Å². The Hall–Kier alpha value is -4.38. The van der Waals surface area contributed by atoms with Crippen LogP contribution in [0.2, 0.25) is 0 Å². The van der Waals surface area contributed by atoms with Crippen LogP contribution in [0.3, 0.4) is 0 Å². The van der Waals surface area contributed by atoms with Gasteiger partial charge in [0.15, 0.2) is 0 Å². The van der Waals surface area contributed by atoms with Gasteiger partial charge in [-0.15, -0.1) is 24.5 Å². The lowest BCUT2D eigenvalue weighted by Gasteiger charge is -2.22. The minimum absolute atomic E-state index is 0.0127. The molecule has 0 unspecified atom stereocenters. The fourth-order valence-electron chi connectivity index (χ4n) is 3.60. The summed E-state index contributed by atoms with van der Waals surface area (Å²) >= 11 is 1.22. The van der Waals surface area contributed by atoms with Gasteiger partial charge in [-0.2, -0.15) is 0 Å². The van der Waals surface area contributed by atoms with Gasteiger partial charge in [-0.3, -0.25) is 14.7 Å². The lowest BCUT2D eigenvalue weighted by atomic mass is 10.2. The molecule has 0 atom stereocenters. The van der Waals surface area contributed by atoms with E-state index in [0.717, 1.165) is 0 Å². The summed E-state index contributed by atoms with van der Waals surface area (Å²) < 4.78 is 55.9. The molecule has 6 nitrogen and oxygen atoms in total. The average Bonchev–Trinajstić information content (AvgIpc) is 3.35. The average molecular weight is 524 g/mol. The number of rotatable bonds is 6. The van der Waals surface area contributed by atoms with E-state index in [1.807, 2.05) is 6.07 Å². The second-order valence-corrected chi connectivity index (χ2v) is 8.91. The largest absolute Gasteiger partial charge is 0.573 e. The highest BCUT2D eigenvalue weighted by Crippen LogP contribution is 2.31. The SMILES string of the molecule is O=C(c1cnc2ccccc2n1)N(Cc1cnc(-c2ccc(OC(F)(F)F)cc2)s1)c1ccccc1F. The van der Waals surface area contributed by atoms with Gasteiger partial charge in [0.2, 0.25) is 0 Å². The molecule has 0 aliphatic rings. The predicted octanol–water partition coefficient (Wildman–Crippen LogP) is 6.64. The first-order valence-electron chi connectivity index (χ1n) is 10.9. The minimum Gasteiger partial charge on any atom is -0.406 e. The van der Waals surface area contributed by atoms with Gasteiger partial charge in [-0.05, 0) is 48.5 Å². The number of carbonyl (C=O) groups is 1. The van der Waals surface area contributed by atoms with E-state index in [1.54, 1.807) is 24.3 Å². The summed E-state index contributed by atoms with van der Waals surface area (Å²) in [6, 6.07) is 18.3. The first-order valence-corrected chi connectivity index (χ1v) is 11.7. The molecule has 1 amide bonds. The molecule has 2 heterocycles. The number of amides is 1. The van der Waals surface area contributed by atoms with Gasteiger partial charge in [-0.1, -0.05) is 24.3 Å². The zero-order valence-corrected chi connectivity index (χ0v) is 19.6. The number of carbonyl (C=O) groups excluding carboxylic acids is 1. The van der Waals surface area contributed by atoms with E-state index in [0.29, 0.717) is 26.5 Å². The molecule has 0 N–H and O–H groups in total. The van der Waals surface area contributed by atoms with Crippen LogP contribution in [0.5, 0.6) is 5.75 Å². The van der Waals surface area contributed by atoms with E-state index in [-0.39, 0.29) is 23.7 Å². The van der Waals surface area contributed by atoms with Crippen molar-refractivity contribution in [2.75, 3.05) is 4.90 Å². The van der Waals surface area contributed by atoms with Crippen LogP contribution in [0.25, 0.3) is 21.6 Å². The Morgan fingerprint density at radius 2 is 1.59 bits per heavy atom. The maximum Gasteiger partial charge on any atom is 0.573 e. The van der Waals surface area contributed by atoms with Gasteiger partial charge in [0.05, 0.1) is 29.5 Å². The standard InChI is InChI=1S/C26H16F4N4O2S/c27-19-5-1-4-8-23(19)34(25(35)22-14-31-20-6-2-3-7-21(20)33-22)15-18-13-32-24(37-18)16-9-11-17(12-10-16)36-26(28,29)30/h1-14H,15H2. The van der Waals surface area contributed by atoms with Crippen LogP contribution < -0.4 is 9.64 Å². The lowest BCUT2D eigenvalue weighted by molar-refractivity contribution is -0.274. The number of alkyl halides is 3. The van der Waals surface area contributed by atoms with Crippen LogP contribution in [0.1, 0.15) is 15.4 Å². The lowest BCUT2D eigenvalue weighted by Crippen LogP contribution is -2.31. The molecule has 0 saturated carbocycles. The van der Waals surface area contributed by atoms with Gasteiger partial charge < -0.3 is 4.74 Å². The minimum atomic E-state index is -4.78. The number of hydrogen-bond donors (Lipinski definition) is 0. The third-order valence-electron chi connectivity index (χ3n) is 5.26. The summed E-state index contributed by atoms with van der Waals surface area (Å²) in [5.74, 6) is -1.48. The van der Waals surface area contributed by atoms with Crippen molar-refractivity contribution in [1.29, 1.82) is 0 Å². The normalized spacial score (nSPS) is 11.5. The van der Waals surface area contributed by atoms with Gasteiger partial charge in [-0.25, -0.2) is 14.4 Å². The second kappa shape index (κ2) is 9.94. The molecule has 0 fully saturated rings. The van der Waals surface area contributed by atoms with Crippen molar-refractivity contribution in [2.45, 2.75) is 12.9 Å². The van der Waals surface area contributed by atoms with E-state index in [9.17, 15) is 22.4 Å². The first kappa shape index (κ1) is 24.3. The molecule has 2 aromatic heterocycles. The number of thiazole rings is 1. The van der Waals surface area contributed by atoms with Crippen molar-refractivity contribution in [3.63, 3.8) is 0 Å². The fourth-order valence-corrected chi connectivity index (χ4v) is 4.51. The number of ether oxygens (including phenoxy) is 1. The molecule has 37 heavy (non-hydrogen) atoms. The number of para-hydroxylation sites is 3. The summed E-state index contributed by atoms with van der Waals surface area (Å²) in [7, 11) is 0. The predicted molar refractivity (Wildman–Crippen MR) is 131 cm³/mol. The summed E-state index contributed by atoms with van der Waals surface area (Å²) in [6.45, 7) is -0.0127. The van der Waals surface area contributed by atoms with E-state index in [4.69, 9.17) is 0 Å². The number of halogens is 4. The van der Waals surface area contributed by atoms with Crippen LogP contribution in [0.4, 0.5) is 23.2 Å². The van der Waals surface area contributed by atoms with E-state index in [2.05, 4.69) is 19.7 Å². The van der Waals surface area contributed by atoms with Gasteiger partial charge in [0.1, 0.15) is 22.3 Å². The topological polar surface area (TPSA) is 68.2 Å². The first-order chi connectivity index (χ1) is 17.8. The molecule has 186 valence electrons. The molecular weight excluding hydrogens is 508 g/mol. The molecule has 0 bridgehead atoms. The van der Waals surface area contributed by atoms with Gasteiger partial charge >= 0.3 is 6.36 Å². The van der Waals surface area contributed by atoms with Crippen molar-refractivity contribution in [1.82, 2.24) is 15.0 Å². The summed E-state index contributed by atoms with van der Waals surface area (Å²) in [4.78, 5) is 28.4. The second-order valence-electron chi connectivity index (χ2n) is 7.79. The zero-order valence-electron chi connectivity index (χ0n) is 18.8. The molecule has 0 aliphatic carbocycles. The van der Waals surface area contributed by atoms with Gasteiger partial charge in [0.25, 0.3) is 5.91 Å². The fraction of sp³-hybridized carbons (Fsp3) is 0.0769. The van der Waals surface area contributed by atoms with Crippen LogP contribution in [-0.4, -0.2) is 27.2 Å². The number of nitrogens with zero attached hydrogens (tertiary/aromatic N) is 4. The van der Waals surface area contributed by atoms with Crippen molar-refractivity contribution < 1.29 is 27.1 Å². The van der Waals surface area contributed by atoms with E-state index >= 15 is 0 Å². The number of anilines is 1. The molecule has 0 radical (unpaired) electrons. The molecule has 5 aromatic rings. The smallest absolute Gasteiger partial charge is 0.406 e. The van der Waals surface area contributed by atoms with Crippen LogP contribution in [0, 0.1) is 5.82 Å². The maximum atomic E-state index is 14.8. The Morgan fingerprint density at radius 1 is 0.892 bits per heavy atom. The Morgan fingerprint density at radius 3 is 2.32 bits per heavy atom. The monoisotopic (exact) mass is 524 g/mol. The number of fused-ring (bicyclic) bond motifs is 1. The van der Waals surface area contributed by atoms with E-state index in [1.165, 1.54) is 71.1 Å². The Kier molecular flexibility index (Phi) is 6.53. The molecule has 0 aliphatic heterocycles. The molecule has 5 rings (SSSR count). The number of aromatic nitrogens is 3. The Balaban J connectivity index is 1.43. The number of hydrogen-bond acceptors (Lipinski definition) is 6. The van der Waals surface area contributed by atoms with Crippen molar-refractivity contribution in [2.24, 2.45) is 0 Å². The zero-order chi connectivity index (χ0) is 26.0. The quantitative estimate of drug-likeness (QED) is 0.233. The summed E-state index contributed by atoms with van der Waals surface area (Å²) in [5, 5.41) is 0.514. The summed E-state index contributed by atoms with van der Waals surface area (Å²) in [5.41, 5.74) is 1.82. The van der Waals surface area contributed by atoms with Crippen LogP contribution >= 0.6 is 11.3 Å². The Labute approximate surface area is 211 Å². The maximum absolute atomic E-state index is 14.8. The summed E-state index contributed by atoms with van der Waals surface area (Å²) in [6.07, 6.45) is -1.90. The van der Waals surface area contributed by atoms with E-state index < -0.39 is 18.1 Å². The number of benzene rings is 3. The molecule has 11 heteroatoms. The molecule has 0 spiro atoms. The van der Waals surface area contributed by atoms with Crippen molar-refractivity contribution in [3.05, 3.63) is 102 Å². The highest BCUT2D eigenvalue weighted by molar-refractivity contribution is 7.15. The third kappa shape index (κ3) is 5.56. The highest BCUT2D eigenvalue weighted by atomic mass is 32.1. The molecular formula is C26H16F4N4O2S. The Bertz CT molecular complexity index is 1570. The van der Waals surface area contributed by atoms with Crippen molar-refractivity contribution in [3.8, 4) is 16.3 Å². The highest BCUT2D eigenvalue weighted by Gasteiger charge is 2.31. The van der Waals surface area contributed by atoms with Crippen molar-refractivity contribution >= 4 is 34.0 Å². The van der Waals surface area contributed by atoms with Crippen LogP contribution in [-0.2, 0) is 6.54 Å². The molecule has 3 aromatic carbocycles.